The number of carbonyl (C=O) groups is 2. The summed E-state index contributed by atoms with van der Waals surface area (Å²) in [6, 6.07) is 15.6. The number of aliphatic hydroxyl groups excluding tert-OH is 1. The first-order valence-corrected chi connectivity index (χ1v) is 9.71. The van der Waals surface area contributed by atoms with Crippen LogP contribution in [0.3, 0.4) is 0 Å². The SMILES string of the molecule is CC(=O)NC[C@H]1CN(c2ccc(-c3ccc(C4=C[C@H](CO)ON4)cc3)cc2)C(=O)O1. The van der Waals surface area contributed by atoms with Crippen molar-refractivity contribution < 1.29 is 24.3 Å². The molecule has 1 fully saturated rings. The highest BCUT2D eigenvalue weighted by Crippen LogP contribution is 2.27. The Morgan fingerprint density at radius 1 is 1.13 bits per heavy atom. The van der Waals surface area contributed by atoms with Gasteiger partial charge in [-0.05, 0) is 34.9 Å². The topological polar surface area (TPSA) is 100 Å². The maximum atomic E-state index is 12.1. The predicted octanol–water partition coefficient (Wildman–Crippen LogP) is 2.05. The van der Waals surface area contributed by atoms with Crippen molar-refractivity contribution in [3.05, 3.63) is 60.2 Å². The van der Waals surface area contributed by atoms with Crippen molar-refractivity contribution in [2.75, 3.05) is 24.6 Å². The fourth-order valence-electron chi connectivity index (χ4n) is 3.41. The zero-order chi connectivity index (χ0) is 21.1. The van der Waals surface area contributed by atoms with E-state index in [1.807, 2.05) is 54.6 Å². The van der Waals surface area contributed by atoms with E-state index in [9.17, 15) is 9.59 Å². The Balaban J connectivity index is 1.42. The van der Waals surface area contributed by atoms with Crippen LogP contribution >= 0.6 is 0 Å². The van der Waals surface area contributed by atoms with Gasteiger partial charge in [0.25, 0.3) is 0 Å². The minimum atomic E-state index is -0.414. The number of hydrogen-bond donors (Lipinski definition) is 3. The molecule has 2 heterocycles. The van der Waals surface area contributed by atoms with Gasteiger partial charge in [-0.2, -0.15) is 0 Å². The lowest BCUT2D eigenvalue weighted by atomic mass is 10.0. The molecule has 0 radical (unpaired) electrons. The molecule has 1 saturated heterocycles. The summed E-state index contributed by atoms with van der Waals surface area (Å²) in [5.41, 5.74) is 7.43. The molecule has 0 aliphatic carbocycles. The number of ether oxygens (including phenoxy) is 1. The molecule has 8 heteroatoms. The van der Waals surface area contributed by atoms with E-state index in [-0.39, 0.29) is 24.7 Å². The smallest absolute Gasteiger partial charge is 0.414 e. The molecule has 0 spiro atoms. The highest BCUT2D eigenvalue weighted by Gasteiger charge is 2.32. The molecular formula is C22H23N3O5. The zero-order valence-corrected chi connectivity index (χ0v) is 16.5. The van der Waals surface area contributed by atoms with Gasteiger partial charge >= 0.3 is 6.09 Å². The predicted molar refractivity (Wildman–Crippen MR) is 111 cm³/mol. The molecule has 2 aromatic rings. The van der Waals surface area contributed by atoms with E-state index in [2.05, 4.69) is 10.8 Å². The van der Waals surface area contributed by atoms with Crippen LogP contribution in [0.25, 0.3) is 16.8 Å². The summed E-state index contributed by atoms with van der Waals surface area (Å²) in [6.45, 7) is 2.06. The Labute approximate surface area is 174 Å². The number of amides is 2. The summed E-state index contributed by atoms with van der Waals surface area (Å²) < 4.78 is 5.31. The second-order valence-electron chi connectivity index (χ2n) is 7.20. The summed E-state index contributed by atoms with van der Waals surface area (Å²) in [5, 5.41) is 11.8. The second kappa shape index (κ2) is 8.56. The van der Waals surface area contributed by atoms with E-state index >= 15 is 0 Å². The zero-order valence-electron chi connectivity index (χ0n) is 16.5. The van der Waals surface area contributed by atoms with Crippen LogP contribution in [0.4, 0.5) is 10.5 Å². The van der Waals surface area contributed by atoms with Crippen LogP contribution in [0.2, 0.25) is 0 Å². The molecule has 4 rings (SSSR count). The molecule has 30 heavy (non-hydrogen) atoms. The molecule has 8 nitrogen and oxygen atoms in total. The van der Waals surface area contributed by atoms with E-state index in [0.717, 1.165) is 28.1 Å². The number of carbonyl (C=O) groups excluding carboxylic acids is 2. The molecule has 2 aliphatic heterocycles. The first-order chi connectivity index (χ1) is 14.5. The van der Waals surface area contributed by atoms with Gasteiger partial charge in [0, 0.05) is 12.6 Å². The number of benzene rings is 2. The van der Waals surface area contributed by atoms with Crippen LogP contribution < -0.4 is 15.7 Å². The van der Waals surface area contributed by atoms with Crippen LogP contribution in [0.1, 0.15) is 12.5 Å². The Hall–Kier alpha value is -3.36. The highest BCUT2D eigenvalue weighted by molar-refractivity contribution is 5.90. The van der Waals surface area contributed by atoms with Gasteiger partial charge in [-0.25, -0.2) is 4.79 Å². The fourth-order valence-corrected chi connectivity index (χ4v) is 3.41. The van der Waals surface area contributed by atoms with Gasteiger partial charge in [0.15, 0.2) is 0 Å². The van der Waals surface area contributed by atoms with Gasteiger partial charge < -0.3 is 15.2 Å². The Morgan fingerprint density at radius 2 is 1.77 bits per heavy atom. The maximum Gasteiger partial charge on any atom is 0.414 e. The van der Waals surface area contributed by atoms with Gasteiger partial charge in [-0.1, -0.05) is 36.4 Å². The van der Waals surface area contributed by atoms with E-state index in [1.54, 1.807) is 4.90 Å². The molecule has 0 aromatic heterocycles. The number of aliphatic hydroxyl groups is 1. The van der Waals surface area contributed by atoms with Gasteiger partial charge in [-0.3, -0.25) is 20.0 Å². The summed E-state index contributed by atoms with van der Waals surface area (Å²) in [5.74, 6) is -0.152. The maximum absolute atomic E-state index is 12.1. The summed E-state index contributed by atoms with van der Waals surface area (Å²) in [6.07, 6.45) is 0.741. The quantitative estimate of drug-likeness (QED) is 0.675. The monoisotopic (exact) mass is 409 g/mol. The standard InChI is InChI=1S/C22H23N3O5/c1-14(27)23-11-20-12-25(22(28)29-20)18-8-6-16(7-9-18)15-2-4-17(5-3-15)21-10-19(13-26)30-24-21/h2-10,19-20,24,26H,11-13H2,1H3,(H,23,27)/t19-,20+/m1/s1. The molecular weight excluding hydrogens is 386 g/mol. The lowest BCUT2D eigenvalue weighted by molar-refractivity contribution is -0.119. The van der Waals surface area contributed by atoms with Gasteiger partial charge in [0.05, 0.1) is 25.4 Å². The van der Waals surface area contributed by atoms with Crippen LogP contribution in [0.5, 0.6) is 0 Å². The third kappa shape index (κ3) is 4.29. The lowest BCUT2D eigenvalue weighted by Crippen LogP contribution is -2.33. The number of cyclic esters (lactones) is 1. The van der Waals surface area contributed by atoms with Crippen molar-refractivity contribution in [1.29, 1.82) is 0 Å². The molecule has 2 aromatic carbocycles. The first-order valence-electron chi connectivity index (χ1n) is 9.71. The lowest BCUT2D eigenvalue weighted by Gasteiger charge is -2.14. The van der Waals surface area contributed by atoms with Crippen molar-refractivity contribution in [2.45, 2.75) is 19.1 Å². The molecule has 0 saturated carbocycles. The normalized spacial score (nSPS) is 20.5. The fraction of sp³-hybridized carbons (Fsp3) is 0.273. The summed E-state index contributed by atoms with van der Waals surface area (Å²) in [7, 11) is 0. The number of hydroxylamine groups is 1. The Kier molecular flexibility index (Phi) is 5.69. The van der Waals surface area contributed by atoms with Gasteiger partial charge in [0.1, 0.15) is 12.2 Å². The molecule has 3 N–H and O–H groups in total. The largest absolute Gasteiger partial charge is 0.442 e. The number of rotatable bonds is 6. The molecule has 0 bridgehead atoms. The Morgan fingerprint density at radius 3 is 2.37 bits per heavy atom. The first kappa shape index (κ1) is 19.9. The number of anilines is 1. The number of nitrogens with one attached hydrogen (secondary N) is 2. The van der Waals surface area contributed by atoms with Crippen molar-refractivity contribution in [3.63, 3.8) is 0 Å². The van der Waals surface area contributed by atoms with E-state index in [4.69, 9.17) is 14.7 Å². The van der Waals surface area contributed by atoms with Crippen molar-refractivity contribution in [1.82, 2.24) is 10.8 Å². The van der Waals surface area contributed by atoms with Crippen LogP contribution in [0, 0.1) is 0 Å². The molecule has 156 valence electrons. The van der Waals surface area contributed by atoms with Crippen molar-refractivity contribution in [2.24, 2.45) is 0 Å². The van der Waals surface area contributed by atoms with Gasteiger partial charge in [-0.15, -0.1) is 0 Å². The molecule has 2 atom stereocenters. The van der Waals surface area contributed by atoms with E-state index in [0.29, 0.717) is 13.1 Å². The van der Waals surface area contributed by atoms with Crippen LogP contribution in [-0.2, 0) is 14.4 Å². The van der Waals surface area contributed by atoms with Crippen molar-refractivity contribution >= 4 is 23.4 Å². The van der Waals surface area contributed by atoms with Gasteiger partial charge in [0.2, 0.25) is 5.91 Å². The van der Waals surface area contributed by atoms with Crippen LogP contribution in [0.15, 0.2) is 54.6 Å². The minimum absolute atomic E-state index is 0.0700. The average Bonchev–Trinajstić information content (AvgIpc) is 3.39. The van der Waals surface area contributed by atoms with E-state index < -0.39 is 6.09 Å². The Bertz CT molecular complexity index is 956. The summed E-state index contributed by atoms with van der Waals surface area (Å²) >= 11 is 0. The third-order valence-electron chi connectivity index (χ3n) is 5.01. The summed E-state index contributed by atoms with van der Waals surface area (Å²) in [4.78, 5) is 30.0. The molecule has 0 unspecified atom stereocenters. The van der Waals surface area contributed by atoms with E-state index in [1.165, 1.54) is 6.92 Å². The highest BCUT2D eigenvalue weighted by atomic mass is 16.7. The average molecular weight is 409 g/mol. The number of hydrogen-bond acceptors (Lipinski definition) is 6. The van der Waals surface area contributed by atoms with Crippen LogP contribution in [-0.4, -0.2) is 49.0 Å². The molecule has 2 amide bonds. The molecule has 2 aliphatic rings. The third-order valence-corrected chi connectivity index (χ3v) is 5.01. The second-order valence-corrected chi connectivity index (χ2v) is 7.20. The minimum Gasteiger partial charge on any atom is -0.442 e. The van der Waals surface area contributed by atoms with Crippen molar-refractivity contribution in [3.8, 4) is 11.1 Å². The number of nitrogens with zero attached hydrogens (tertiary/aromatic N) is 1.